The van der Waals surface area contributed by atoms with Crippen molar-refractivity contribution in [2.45, 2.75) is 12.8 Å². The number of para-hydroxylation sites is 1. The zero-order valence-corrected chi connectivity index (χ0v) is 24.8. The van der Waals surface area contributed by atoms with Crippen LogP contribution in [0.2, 0.25) is 0 Å². The van der Waals surface area contributed by atoms with Gasteiger partial charge in [-0.2, -0.15) is 0 Å². The summed E-state index contributed by atoms with van der Waals surface area (Å²) in [5.74, 6) is 0. The molecule has 1 heteroatoms. The smallest absolute Gasteiger partial charge is 0.0543 e. The molecule has 7 aromatic carbocycles. The van der Waals surface area contributed by atoms with Crippen molar-refractivity contribution in [1.29, 1.82) is 0 Å². The Morgan fingerprint density at radius 3 is 1.80 bits per heavy atom. The van der Waals surface area contributed by atoms with Gasteiger partial charge < -0.3 is 4.90 Å². The van der Waals surface area contributed by atoms with Crippen molar-refractivity contribution >= 4 is 33.9 Å². The Labute approximate surface area is 263 Å². The first-order valence-corrected chi connectivity index (χ1v) is 15.9. The summed E-state index contributed by atoms with van der Waals surface area (Å²) in [5, 5.41) is 2.59. The van der Waals surface area contributed by atoms with Crippen molar-refractivity contribution in [3.05, 3.63) is 157 Å². The zero-order chi connectivity index (χ0) is 29.5. The lowest BCUT2D eigenvalue weighted by molar-refractivity contribution is 0.989. The molecule has 210 valence electrons. The SMILES string of the molecule is C1=Cc2c(cc(N(c3ccccc3)c3ccc4c(c3)-c3c5cccc3-c3cccc-4c3-c3ccccc3-5)c3ccccc23)CC1. The fraction of sp³-hybridized carbons (Fsp3) is 0.0455. The van der Waals surface area contributed by atoms with Gasteiger partial charge >= 0.3 is 0 Å². The Morgan fingerprint density at radius 2 is 1.02 bits per heavy atom. The Balaban J connectivity index is 1.29. The molecule has 10 rings (SSSR count). The van der Waals surface area contributed by atoms with Gasteiger partial charge in [0.15, 0.2) is 0 Å². The molecule has 45 heavy (non-hydrogen) atoms. The third-order valence-electron chi connectivity index (χ3n) is 10.00. The van der Waals surface area contributed by atoms with Crippen molar-refractivity contribution in [2.24, 2.45) is 0 Å². The van der Waals surface area contributed by atoms with E-state index in [9.17, 15) is 0 Å². The van der Waals surface area contributed by atoms with Gasteiger partial charge in [0.2, 0.25) is 0 Å². The largest absolute Gasteiger partial charge is 0.310 e. The molecule has 0 unspecified atom stereocenters. The van der Waals surface area contributed by atoms with E-state index in [0.717, 1.165) is 18.5 Å². The highest BCUT2D eigenvalue weighted by atomic mass is 15.1. The van der Waals surface area contributed by atoms with Crippen molar-refractivity contribution in [3.8, 4) is 55.6 Å². The van der Waals surface area contributed by atoms with E-state index in [1.165, 1.54) is 88.9 Å². The Bertz CT molecular complexity index is 2350. The Kier molecular flexibility index (Phi) is 5.18. The first-order chi connectivity index (χ1) is 22.3. The molecular weight excluding hydrogens is 542 g/mol. The number of anilines is 3. The standard InChI is InChI=1S/C44H29N/c1-2-13-29(14-3-1)45(42-26-28-12-4-5-15-31(28)32-16-6-8-18-35(32)42)30-24-25-34-38-21-11-22-39-40-23-10-20-37(44(40)41(34)27-30)33-17-7-9-19-36(33)43(38)39/h1-3,5-11,13-27H,4,12H2. The van der Waals surface area contributed by atoms with Gasteiger partial charge in [-0.25, -0.2) is 0 Å². The predicted molar refractivity (Wildman–Crippen MR) is 190 cm³/mol. The quantitative estimate of drug-likeness (QED) is 0.204. The Morgan fingerprint density at radius 1 is 0.422 bits per heavy atom. The van der Waals surface area contributed by atoms with Gasteiger partial charge in [-0.05, 0) is 115 Å². The maximum atomic E-state index is 2.48. The van der Waals surface area contributed by atoms with Crippen LogP contribution in [0.1, 0.15) is 17.5 Å². The first kappa shape index (κ1) is 24.7. The van der Waals surface area contributed by atoms with E-state index in [4.69, 9.17) is 0 Å². The van der Waals surface area contributed by atoms with Crippen LogP contribution in [0.25, 0.3) is 72.5 Å². The number of rotatable bonds is 3. The highest BCUT2D eigenvalue weighted by Crippen LogP contribution is 2.58. The molecule has 0 N–H and O–H groups in total. The van der Waals surface area contributed by atoms with E-state index in [0.29, 0.717) is 0 Å². The molecule has 7 aromatic rings. The second-order valence-electron chi connectivity index (χ2n) is 12.4. The van der Waals surface area contributed by atoms with Gasteiger partial charge in [-0.1, -0.05) is 121 Å². The van der Waals surface area contributed by atoms with Crippen LogP contribution >= 0.6 is 0 Å². The molecule has 0 atom stereocenters. The van der Waals surface area contributed by atoms with Crippen molar-refractivity contribution < 1.29 is 0 Å². The number of fused-ring (bicyclic) bond motifs is 7. The topological polar surface area (TPSA) is 3.24 Å². The van der Waals surface area contributed by atoms with E-state index in [1.54, 1.807) is 0 Å². The molecule has 0 amide bonds. The molecule has 0 fully saturated rings. The van der Waals surface area contributed by atoms with Crippen LogP contribution in [0.15, 0.2) is 146 Å². The molecule has 0 spiro atoms. The van der Waals surface area contributed by atoms with Crippen LogP contribution in [0.3, 0.4) is 0 Å². The summed E-state index contributed by atoms with van der Waals surface area (Å²) in [5.41, 5.74) is 19.5. The second kappa shape index (κ2) is 9.42. The molecule has 0 heterocycles. The third kappa shape index (κ3) is 3.50. The number of hydrogen-bond acceptors (Lipinski definition) is 1. The maximum Gasteiger partial charge on any atom is 0.0543 e. The van der Waals surface area contributed by atoms with Crippen molar-refractivity contribution in [3.63, 3.8) is 0 Å². The zero-order valence-electron chi connectivity index (χ0n) is 24.8. The minimum atomic E-state index is 1.06. The molecule has 0 saturated carbocycles. The van der Waals surface area contributed by atoms with E-state index in [-0.39, 0.29) is 0 Å². The number of allylic oxidation sites excluding steroid dienone is 1. The van der Waals surface area contributed by atoms with E-state index < -0.39 is 0 Å². The molecule has 0 saturated heterocycles. The van der Waals surface area contributed by atoms with E-state index in [2.05, 4.69) is 157 Å². The van der Waals surface area contributed by atoms with Crippen LogP contribution in [-0.4, -0.2) is 0 Å². The molecule has 0 aromatic heterocycles. The van der Waals surface area contributed by atoms with Gasteiger partial charge in [0.1, 0.15) is 0 Å². The summed E-state index contributed by atoms with van der Waals surface area (Å²) < 4.78 is 0. The molecule has 1 nitrogen and oxygen atoms in total. The number of nitrogens with zero attached hydrogens (tertiary/aromatic N) is 1. The lowest BCUT2D eigenvalue weighted by Gasteiger charge is -2.30. The van der Waals surface area contributed by atoms with Gasteiger partial charge in [0.05, 0.1) is 5.69 Å². The normalized spacial score (nSPS) is 13.1. The number of aryl methyl sites for hydroxylation is 1. The monoisotopic (exact) mass is 571 g/mol. The maximum absolute atomic E-state index is 2.48. The highest BCUT2D eigenvalue weighted by molar-refractivity contribution is 6.15. The minimum absolute atomic E-state index is 1.06. The van der Waals surface area contributed by atoms with Gasteiger partial charge in [-0.3, -0.25) is 0 Å². The third-order valence-corrected chi connectivity index (χ3v) is 10.00. The van der Waals surface area contributed by atoms with Crippen LogP contribution in [0, 0.1) is 0 Å². The summed E-state index contributed by atoms with van der Waals surface area (Å²) in [4.78, 5) is 2.48. The average molecular weight is 572 g/mol. The minimum Gasteiger partial charge on any atom is -0.310 e. The van der Waals surface area contributed by atoms with Crippen LogP contribution in [0.4, 0.5) is 17.1 Å². The molecular formula is C44H29N. The Hall–Kier alpha value is -5.66. The number of hydrogen-bond donors (Lipinski definition) is 0. The number of benzene rings is 7. The average Bonchev–Trinajstić information content (AvgIpc) is 3.21. The van der Waals surface area contributed by atoms with E-state index in [1.807, 2.05) is 0 Å². The summed E-state index contributed by atoms with van der Waals surface area (Å²) in [7, 11) is 0. The van der Waals surface area contributed by atoms with Crippen molar-refractivity contribution in [2.75, 3.05) is 4.90 Å². The molecule has 3 aliphatic carbocycles. The van der Waals surface area contributed by atoms with Crippen molar-refractivity contribution in [1.82, 2.24) is 0 Å². The fourth-order valence-electron chi connectivity index (χ4n) is 8.10. The van der Waals surface area contributed by atoms with Gasteiger partial charge in [0.25, 0.3) is 0 Å². The van der Waals surface area contributed by atoms with Gasteiger partial charge in [0, 0.05) is 16.8 Å². The van der Waals surface area contributed by atoms with E-state index >= 15 is 0 Å². The fourth-order valence-corrected chi connectivity index (χ4v) is 8.10. The predicted octanol–water partition coefficient (Wildman–Crippen LogP) is 12.2. The molecule has 3 aliphatic rings. The summed E-state index contributed by atoms with van der Waals surface area (Å²) in [6.45, 7) is 0. The summed E-state index contributed by atoms with van der Waals surface area (Å²) >= 11 is 0. The summed E-state index contributed by atoms with van der Waals surface area (Å²) in [6, 6.07) is 52.0. The molecule has 6 bridgehead atoms. The molecule has 0 aliphatic heterocycles. The summed E-state index contributed by atoms with van der Waals surface area (Å²) in [6.07, 6.45) is 6.78. The van der Waals surface area contributed by atoms with Crippen LogP contribution < -0.4 is 4.90 Å². The van der Waals surface area contributed by atoms with Crippen LogP contribution in [0.5, 0.6) is 0 Å². The lowest BCUT2D eigenvalue weighted by Crippen LogP contribution is -2.12. The van der Waals surface area contributed by atoms with Crippen LogP contribution in [-0.2, 0) is 6.42 Å². The second-order valence-corrected chi connectivity index (χ2v) is 12.4. The molecule has 0 radical (unpaired) electrons. The highest BCUT2D eigenvalue weighted by Gasteiger charge is 2.31. The first-order valence-electron chi connectivity index (χ1n) is 15.9. The lowest BCUT2D eigenvalue weighted by atomic mass is 9.83. The van der Waals surface area contributed by atoms with Gasteiger partial charge in [-0.15, -0.1) is 0 Å².